The first-order chi connectivity index (χ1) is 12.6. The van der Waals surface area contributed by atoms with E-state index in [9.17, 15) is 29.6 Å². The number of hydrogen-bond acceptors (Lipinski definition) is 9. The van der Waals surface area contributed by atoms with Gasteiger partial charge in [-0.3, -0.25) is 29.4 Å². The first kappa shape index (κ1) is 20.2. The Bertz CT molecular complexity index is 849. The number of phenols is 1. The number of hydrogen-bond donors (Lipinski definition) is 1. The summed E-state index contributed by atoms with van der Waals surface area (Å²) < 4.78 is 9.76. The van der Waals surface area contributed by atoms with E-state index in [1.54, 1.807) is 13.8 Å². The molecular formula is C16H16N2O8S. The average molecular weight is 396 g/mol. The SMILES string of the molecule is COc1c(O)ccc(/C=C2\SC(=O)N(CC(=O)OC(C)C)C2=O)c1[N+](=O)[O-]. The summed E-state index contributed by atoms with van der Waals surface area (Å²) >= 11 is 0.540. The van der Waals surface area contributed by atoms with Gasteiger partial charge in [-0.05, 0) is 43.8 Å². The molecule has 11 heteroatoms. The number of aromatic hydroxyl groups is 1. The second-order valence-electron chi connectivity index (χ2n) is 5.62. The molecule has 1 aromatic carbocycles. The molecule has 0 atom stereocenters. The van der Waals surface area contributed by atoms with Gasteiger partial charge in [-0.15, -0.1) is 0 Å². The first-order valence-corrected chi connectivity index (χ1v) is 8.46. The molecule has 1 saturated heterocycles. The van der Waals surface area contributed by atoms with E-state index in [1.165, 1.54) is 12.1 Å². The number of esters is 1. The fraction of sp³-hybridized carbons (Fsp3) is 0.312. The predicted octanol–water partition coefficient (Wildman–Crippen LogP) is 2.30. The summed E-state index contributed by atoms with van der Waals surface area (Å²) in [5.41, 5.74) is -0.589. The van der Waals surface area contributed by atoms with Gasteiger partial charge in [0, 0.05) is 0 Å². The summed E-state index contributed by atoms with van der Waals surface area (Å²) in [6.45, 7) is 2.70. The molecule has 2 rings (SSSR count). The van der Waals surface area contributed by atoms with Crippen LogP contribution in [0.1, 0.15) is 19.4 Å². The zero-order valence-corrected chi connectivity index (χ0v) is 15.4. The van der Waals surface area contributed by atoms with Crippen LogP contribution < -0.4 is 4.74 Å². The lowest BCUT2D eigenvalue weighted by Gasteiger charge is -2.13. The fourth-order valence-corrected chi connectivity index (χ4v) is 3.12. The highest BCUT2D eigenvalue weighted by molar-refractivity contribution is 8.18. The van der Waals surface area contributed by atoms with E-state index in [1.807, 2.05) is 0 Å². The number of benzene rings is 1. The Hall–Kier alpha value is -3.08. The molecule has 27 heavy (non-hydrogen) atoms. The zero-order valence-electron chi connectivity index (χ0n) is 14.6. The largest absolute Gasteiger partial charge is 0.504 e. The van der Waals surface area contributed by atoms with Crippen molar-refractivity contribution < 1.29 is 33.9 Å². The minimum absolute atomic E-state index is 0.0371. The van der Waals surface area contributed by atoms with Gasteiger partial charge in [-0.25, -0.2) is 0 Å². The zero-order chi connectivity index (χ0) is 20.3. The lowest BCUT2D eigenvalue weighted by molar-refractivity contribution is -0.386. The average Bonchev–Trinajstić information content (AvgIpc) is 2.82. The maximum absolute atomic E-state index is 12.4. The van der Waals surface area contributed by atoms with E-state index in [0.717, 1.165) is 13.2 Å². The van der Waals surface area contributed by atoms with Crippen molar-refractivity contribution in [1.82, 2.24) is 4.90 Å². The van der Waals surface area contributed by atoms with Crippen molar-refractivity contribution in [2.24, 2.45) is 0 Å². The molecule has 1 aromatic rings. The minimum Gasteiger partial charge on any atom is -0.504 e. The molecule has 0 aliphatic carbocycles. The number of nitrogens with zero attached hydrogens (tertiary/aromatic N) is 2. The van der Waals surface area contributed by atoms with Crippen LogP contribution in [0, 0.1) is 10.1 Å². The van der Waals surface area contributed by atoms with Crippen molar-refractivity contribution in [3.63, 3.8) is 0 Å². The van der Waals surface area contributed by atoms with Crippen molar-refractivity contribution in [3.8, 4) is 11.5 Å². The second kappa shape index (κ2) is 8.08. The van der Waals surface area contributed by atoms with Crippen molar-refractivity contribution in [2.75, 3.05) is 13.7 Å². The van der Waals surface area contributed by atoms with Crippen LogP contribution in [0.5, 0.6) is 11.5 Å². The van der Waals surface area contributed by atoms with Crippen LogP contribution in [0.4, 0.5) is 10.5 Å². The highest BCUT2D eigenvalue weighted by Crippen LogP contribution is 2.41. The molecule has 144 valence electrons. The molecule has 0 radical (unpaired) electrons. The molecular weight excluding hydrogens is 380 g/mol. The second-order valence-corrected chi connectivity index (χ2v) is 6.61. The Kier molecular flexibility index (Phi) is 6.05. The summed E-state index contributed by atoms with van der Waals surface area (Å²) in [5.74, 6) is -2.32. The molecule has 10 nitrogen and oxygen atoms in total. The van der Waals surface area contributed by atoms with Crippen molar-refractivity contribution in [1.29, 1.82) is 0 Å². The Balaban J connectivity index is 2.36. The molecule has 1 aliphatic rings. The lowest BCUT2D eigenvalue weighted by Crippen LogP contribution is -2.35. The maximum Gasteiger partial charge on any atom is 0.326 e. The Labute approximate surface area is 157 Å². The maximum atomic E-state index is 12.4. The third-order valence-electron chi connectivity index (χ3n) is 3.34. The summed E-state index contributed by atoms with van der Waals surface area (Å²) in [5, 5.41) is 20.3. The highest BCUT2D eigenvalue weighted by Gasteiger charge is 2.37. The third kappa shape index (κ3) is 4.37. The molecule has 1 N–H and O–H groups in total. The fourth-order valence-electron chi connectivity index (χ4n) is 2.29. The molecule has 0 saturated carbocycles. The van der Waals surface area contributed by atoms with Gasteiger partial charge in [-0.2, -0.15) is 0 Å². The summed E-state index contributed by atoms with van der Waals surface area (Å²) in [6, 6.07) is 2.39. The van der Waals surface area contributed by atoms with Gasteiger partial charge in [0.25, 0.3) is 11.1 Å². The Morgan fingerprint density at radius 1 is 1.41 bits per heavy atom. The van der Waals surface area contributed by atoms with Gasteiger partial charge in [0.15, 0.2) is 5.75 Å². The van der Waals surface area contributed by atoms with E-state index in [0.29, 0.717) is 16.7 Å². The lowest BCUT2D eigenvalue weighted by atomic mass is 10.1. The normalized spacial score (nSPS) is 15.6. The number of nitro benzene ring substituents is 1. The van der Waals surface area contributed by atoms with Gasteiger partial charge in [0.2, 0.25) is 5.75 Å². The standard InChI is InChI=1S/C16H16N2O8S/c1-8(2)26-12(20)7-17-15(21)11(27-16(17)22)6-9-4-5-10(19)14(25-3)13(9)18(23)24/h4-6,8,19H,7H2,1-3H3/b11-6-. The van der Waals surface area contributed by atoms with E-state index in [2.05, 4.69) is 0 Å². The van der Waals surface area contributed by atoms with Crippen LogP contribution in [-0.4, -0.2) is 51.8 Å². The number of carbonyl (C=O) groups is 3. The summed E-state index contributed by atoms with van der Waals surface area (Å²) in [7, 11) is 1.15. The van der Waals surface area contributed by atoms with Crippen LogP contribution >= 0.6 is 11.8 Å². The topological polar surface area (TPSA) is 136 Å². The monoisotopic (exact) mass is 396 g/mol. The number of imide groups is 1. The molecule has 0 aromatic heterocycles. The molecule has 0 unspecified atom stereocenters. The van der Waals surface area contributed by atoms with Gasteiger partial charge >= 0.3 is 11.7 Å². The molecule has 0 bridgehead atoms. The number of carbonyl (C=O) groups excluding carboxylic acids is 3. The van der Waals surface area contributed by atoms with Crippen molar-refractivity contribution in [2.45, 2.75) is 20.0 Å². The summed E-state index contributed by atoms with van der Waals surface area (Å²) in [6.07, 6.45) is 0.735. The van der Waals surface area contributed by atoms with Crippen molar-refractivity contribution >= 4 is 40.6 Å². The van der Waals surface area contributed by atoms with E-state index in [4.69, 9.17) is 9.47 Å². The molecule has 1 heterocycles. The van der Waals surface area contributed by atoms with Gasteiger partial charge in [0.1, 0.15) is 6.54 Å². The van der Waals surface area contributed by atoms with Gasteiger partial charge in [-0.1, -0.05) is 0 Å². The number of thioether (sulfide) groups is 1. The van der Waals surface area contributed by atoms with Crippen LogP contribution in [0.15, 0.2) is 17.0 Å². The first-order valence-electron chi connectivity index (χ1n) is 7.64. The van der Waals surface area contributed by atoms with Crippen LogP contribution in [0.3, 0.4) is 0 Å². The van der Waals surface area contributed by atoms with Crippen LogP contribution in [0.25, 0.3) is 6.08 Å². The highest BCUT2D eigenvalue weighted by atomic mass is 32.2. The number of amides is 2. The van der Waals surface area contributed by atoms with E-state index >= 15 is 0 Å². The molecule has 1 aliphatic heterocycles. The molecule has 2 amide bonds. The number of nitro groups is 1. The minimum atomic E-state index is -0.771. The van der Waals surface area contributed by atoms with Crippen LogP contribution in [-0.2, 0) is 14.3 Å². The summed E-state index contributed by atoms with van der Waals surface area (Å²) in [4.78, 5) is 47.3. The number of phenolic OH excluding ortho intramolecular Hbond substituents is 1. The van der Waals surface area contributed by atoms with Gasteiger partial charge < -0.3 is 14.6 Å². The quantitative estimate of drug-likeness (QED) is 0.332. The smallest absolute Gasteiger partial charge is 0.326 e. The Morgan fingerprint density at radius 3 is 2.63 bits per heavy atom. The predicted molar refractivity (Wildman–Crippen MR) is 95.2 cm³/mol. The van der Waals surface area contributed by atoms with E-state index < -0.39 is 46.1 Å². The number of methoxy groups -OCH3 is 1. The van der Waals surface area contributed by atoms with Crippen molar-refractivity contribution in [3.05, 3.63) is 32.7 Å². The number of ether oxygens (including phenoxy) is 2. The van der Waals surface area contributed by atoms with E-state index in [-0.39, 0.29) is 16.2 Å². The third-order valence-corrected chi connectivity index (χ3v) is 4.25. The molecule has 0 spiro atoms. The number of rotatable bonds is 6. The molecule has 1 fully saturated rings. The Morgan fingerprint density at radius 2 is 2.07 bits per heavy atom. The van der Waals surface area contributed by atoms with Crippen LogP contribution in [0.2, 0.25) is 0 Å². The van der Waals surface area contributed by atoms with Gasteiger partial charge in [0.05, 0.1) is 28.6 Å².